The van der Waals surface area contributed by atoms with E-state index in [1.165, 1.54) is 12.0 Å². The molecule has 0 amide bonds. The highest BCUT2D eigenvalue weighted by Gasteiger charge is 2.18. The SMILES string of the molecule is CC1=CC(C)(C)CC[C]1. The highest BCUT2D eigenvalue weighted by Crippen LogP contribution is 2.31. The Balaban J connectivity index is 2.68. The van der Waals surface area contributed by atoms with Crippen LogP contribution in [0.15, 0.2) is 11.6 Å². The van der Waals surface area contributed by atoms with Gasteiger partial charge in [0.15, 0.2) is 0 Å². The predicted molar refractivity (Wildman–Crippen MR) is 40.0 cm³/mol. The Morgan fingerprint density at radius 2 is 2.22 bits per heavy atom. The van der Waals surface area contributed by atoms with Gasteiger partial charge in [-0.15, -0.1) is 0 Å². The van der Waals surface area contributed by atoms with Crippen LogP contribution in [0.1, 0.15) is 33.6 Å². The van der Waals surface area contributed by atoms with E-state index in [1.807, 2.05) is 0 Å². The summed E-state index contributed by atoms with van der Waals surface area (Å²) in [4.78, 5) is 0. The standard InChI is InChI=1S/C9H14/c1-8-5-4-6-9(2,3)7-8/h7H,4,6H2,1-3H3. The minimum atomic E-state index is 0.426. The van der Waals surface area contributed by atoms with Crippen LogP contribution < -0.4 is 0 Å². The van der Waals surface area contributed by atoms with Gasteiger partial charge in [0, 0.05) is 6.42 Å². The molecule has 0 aliphatic heterocycles. The summed E-state index contributed by atoms with van der Waals surface area (Å²) < 4.78 is 0. The molecule has 0 N–H and O–H groups in total. The molecule has 0 atom stereocenters. The fourth-order valence-electron chi connectivity index (χ4n) is 1.29. The maximum atomic E-state index is 3.30. The average molecular weight is 122 g/mol. The summed E-state index contributed by atoms with van der Waals surface area (Å²) in [5.74, 6) is 0. The molecule has 0 heterocycles. The molecule has 0 aromatic heterocycles. The van der Waals surface area contributed by atoms with E-state index in [0.717, 1.165) is 6.42 Å². The molecule has 0 aromatic rings. The second-order valence-electron chi connectivity index (χ2n) is 3.49. The summed E-state index contributed by atoms with van der Waals surface area (Å²) in [5.41, 5.74) is 1.75. The van der Waals surface area contributed by atoms with E-state index in [2.05, 4.69) is 33.3 Å². The lowest BCUT2D eigenvalue weighted by atomic mass is 9.80. The van der Waals surface area contributed by atoms with E-state index >= 15 is 0 Å². The fraction of sp³-hybridized carbons (Fsp3) is 0.667. The third kappa shape index (κ3) is 1.85. The predicted octanol–water partition coefficient (Wildman–Crippen LogP) is 2.83. The zero-order valence-corrected chi connectivity index (χ0v) is 6.49. The molecule has 1 rings (SSSR count). The van der Waals surface area contributed by atoms with Crippen molar-refractivity contribution in [1.29, 1.82) is 0 Å². The fourth-order valence-corrected chi connectivity index (χ4v) is 1.29. The summed E-state index contributed by atoms with van der Waals surface area (Å²) in [7, 11) is 0. The van der Waals surface area contributed by atoms with Crippen LogP contribution in [0.25, 0.3) is 0 Å². The minimum Gasteiger partial charge on any atom is -0.0793 e. The van der Waals surface area contributed by atoms with Crippen molar-refractivity contribution in [2.24, 2.45) is 5.41 Å². The molecule has 0 aromatic carbocycles. The van der Waals surface area contributed by atoms with Crippen molar-refractivity contribution < 1.29 is 0 Å². The lowest BCUT2D eigenvalue weighted by Gasteiger charge is -2.25. The normalized spacial score (nSPS) is 25.4. The average Bonchev–Trinajstić information content (AvgIpc) is 1.60. The van der Waals surface area contributed by atoms with Gasteiger partial charge in [-0.1, -0.05) is 25.5 Å². The summed E-state index contributed by atoms with van der Waals surface area (Å²) in [6.45, 7) is 6.68. The van der Waals surface area contributed by atoms with Crippen LogP contribution in [0.4, 0.5) is 0 Å². The summed E-state index contributed by atoms with van der Waals surface area (Å²) in [6.07, 6.45) is 7.99. The van der Waals surface area contributed by atoms with Gasteiger partial charge in [-0.2, -0.15) is 0 Å². The van der Waals surface area contributed by atoms with Gasteiger partial charge in [0.05, 0.1) is 0 Å². The van der Waals surface area contributed by atoms with Crippen LogP contribution in [-0.4, -0.2) is 0 Å². The van der Waals surface area contributed by atoms with Gasteiger partial charge >= 0.3 is 0 Å². The van der Waals surface area contributed by atoms with Gasteiger partial charge in [-0.3, -0.25) is 0 Å². The Labute approximate surface area is 58.0 Å². The Morgan fingerprint density at radius 3 is 2.56 bits per heavy atom. The van der Waals surface area contributed by atoms with E-state index in [4.69, 9.17) is 0 Å². The van der Waals surface area contributed by atoms with Gasteiger partial charge in [-0.25, -0.2) is 0 Å². The monoisotopic (exact) mass is 122 g/mol. The minimum absolute atomic E-state index is 0.426. The van der Waals surface area contributed by atoms with Crippen LogP contribution >= 0.6 is 0 Å². The van der Waals surface area contributed by atoms with E-state index in [1.54, 1.807) is 0 Å². The smallest absolute Gasteiger partial charge is 0.0114 e. The first-order chi connectivity index (χ1) is 4.10. The second-order valence-corrected chi connectivity index (χ2v) is 3.49. The van der Waals surface area contributed by atoms with Crippen molar-refractivity contribution in [3.05, 3.63) is 18.1 Å². The first kappa shape index (κ1) is 6.85. The van der Waals surface area contributed by atoms with Crippen molar-refractivity contribution in [1.82, 2.24) is 0 Å². The van der Waals surface area contributed by atoms with Crippen molar-refractivity contribution in [2.45, 2.75) is 33.6 Å². The number of hydrogen-bond donors (Lipinski definition) is 0. The molecule has 0 nitrogen and oxygen atoms in total. The largest absolute Gasteiger partial charge is 0.0793 e. The summed E-state index contributed by atoms with van der Waals surface area (Å²) in [5, 5.41) is 0. The molecule has 0 fully saturated rings. The molecule has 0 saturated carbocycles. The molecule has 0 saturated heterocycles. The quantitative estimate of drug-likeness (QED) is 0.463. The van der Waals surface area contributed by atoms with Crippen LogP contribution in [0.2, 0.25) is 0 Å². The molecule has 0 heteroatoms. The van der Waals surface area contributed by atoms with Crippen molar-refractivity contribution in [2.75, 3.05) is 0 Å². The van der Waals surface area contributed by atoms with Crippen molar-refractivity contribution in [3.63, 3.8) is 0 Å². The summed E-state index contributed by atoms with van der Waals surface area (Å²) >= 11 is 0. The van der Waals surface area contributed by atoms with E-state index in [9.17, 15) is 0 Å². The van der Waals surface area contributed by atoms with Gasteiger partial charge in [-0.05, 0) is 25.2 Å². The first-order valence-corrected chi connectivity index (χ1v) is 3.53. The maximum absolute atomic E-state index is 3.30. The highest BCUT2D eigenvalue weighted by molar-refractivity contribution is 5.17. The number of allylic oxidation sites excluding steroid dienone is 2. The van der Waals surface area contributed by atoms with Crippen LogP contribution in [-0.2, 0) is 0 Å². The molecule has 1 aliphatic carbocycles. The van der Waals surface area contributed by atoms with Crippen molar-refractivity contribution >= 4 is 0 Å². The lowest BCUT2D eigenvalue weighted by molar-refractivity contribution is 0.421. The molecule has 1 aliphatic rings. The molecule has 50 valence electrons. The molecule has 0 unspecified atom stereocenters. The Bertz CT molecular complexity index is 129. The Morgan fingerprint density at radius 1 is 1.56 bits per heavy atom. The van der Waals surface area contributed by atoms with Crippen LogP contribution in [0.5, 0.6) is 0 Å². The van der Waals surface area contributed by atoms with E-state index in [0.29, 0.717) is 5.41 Å². The lowest BCUT2D eigenvalue weighted by Crippen LogP contribution is -2.12. The van der Waals surface area contributed by atoms with Crippen LogP contribution in [0, 0.1) is 11.8 Å². The topological polar surface area (TPSA) is 0 Å². The number of rotatable bonds is 0. The molecule has 0 spiro atoms. The molecule has 2 radical (unpaired) electrons. The Hall–Kier alpha value is -0.260. The van der Waals surface area contributed by atoms with E-state index < -0.39 is 0 Å². The van der Waals surface area contributed by atoms with Crippen LogP contribution in [0.3, 0.4) is 0 Å². The van der Waals surface area contributed by atoms with Gasteiger partial charge in [0.1, 0.15) is 0 Å². The zero-order valence-electron chi connectivity index (χ0n) is 6.49. The van der Waals surface area contributed by atoms with Gasteiger partial charge < -0.3 is 0 Å². The molecule has 0 bridgehead atoms. The Kier molecular flexibility index (Phi) is 1.65. The molecule has 9 heavy (non-hydrogen) atoms. The van der Waals surface area contributed by atoms with Crippen molar-refractivity contribution in [3.8, 4) is 0 Å². The highest BCUT2D eigenvalue weighted by atomic mass is 14.2. The maximum Gasteiger partial charge on any atom is 0.0114 e. The summed E-state index contributed by atoms with van der Waals surface area (Å²) in [6, 6.07) is 0. The van der Waals surface area contributed by atoms with Gasteiger partial charge in [0.25, 0.3) is 0 Å². The zero-order chi connectivity index (χ0) is 6.91. The first-order valence-electron chi connectivity index (χ1n) is 3.53. The van der Waals surface area contributed by atoms with Gasteiger partial charge in [0.2, 0.25) is 0 Å². The second kappa shape index (κ2) is 2.17. The van der Waals surface area contributed by atoms with E-state index in [-0.39, 0.29) is 0 Å². The third-order valence-corrected chi connectivity index (χ3v) is 1.78. The number of hydrogen-bond acceptors (Lipinski definition) is 0. The third-order valence-electron chi connectivity index (χ3n) is 1.78. The molecular formula is C9H14. The molecular weight excluding hydrogens is 108 g/mol.